The number of esters is 1. The smallest absolute Gasteiger partial charge is 0.330 e. The number of hydrogen-bond acceptors (Lipinski definition) is 3. The summed E-state index contributed by atoms with van der Waals surface area (Å²) >= 11 is 0. The van der Waals surface area contributed by atoms with Gasteiger partial charge in [-0.15, -0.1) is 0 Å². The summed E-state index contributed by atoms with van der Waals surface area (Å²) in [5.41, 5.74) is -0.754. The van der Waals surface area contributed by atoms with Crippen molar-refractivity contribution in [2.24, 2.45) is 5.41 Å². The van der Waals surface area contributed by atoms with Crippen molar-refractivity contribution in [2.45, 2.75) is 45.6 Å². The van der Waals surface area contributed by atoms with Gasteiger partial charge < -0.3 is 4.74 Å². The summed E-state index contributed by atoms with van der Waals surface area (Å²) in [4.78, 5) is 22.7. The maximum atomic E-state index is 11.5. The maximum absolute atomic E-state index is 11.5. The molecule has 15 heavy (non-hydrogen) atoms. The lowest BCUT2D eigenvalue weighted by atomic mass is 9.70. The maximum Gasteiger partial charge on any atom is 0.330 e. The summed E-state index contributed by atoms with van der Waals surface area (Å²) in [5.74, 6) is -0.298. The van der Waals surface area contributed by atoms with E-state index in [-0.39, 0.29) is 11.2 Å². The van der Waals surface area contributed by atoms with Crippen LogP contribution in [0.5, 0.6) is 0 Å². The van der Waals surface area contributed by atoms with E-state index in [1.165, 1.54) is 0 Å². The van der Waals surface area contributed by atoms with E-state index in [9.17, 15) is 9.59 Å². The van der Waals surface area contributed by atoms with E-state index in [1.807, 2.05) is 20.8 Å². The van der Waals surface area contributed by atoms with Gasteiger partial charge in [-0.2, -0.15) is 0 Å². The molecule has 0 spiro atoms. The number of Topliss-reactive ketones (excluding diaryl/α,β-unsaturated/α-hetero) is 1. The van der Waals surface area contributed by atoms with Crippen molar-refractivity contribution in [1.29, 1.82) is 0 Å². The number of carbonyl (C=O) groups is 2. The van der Waals surface area contributed by atoms with Gasteiger partial charge in [0.1, 0.15) is 11.4 Å². The van der Waals surface area contributed by atoms with Crippen molar-refractivity contribution in [3.05, 3.63) is 12.7 Å². The highest BCUT2D eigenvalue weighted by molar-refractivity contribution is 5.84. The fourth-order valence-electron chi connectivity index (χ4n) is 2.51. The average molecular weight is 210 g/mol. The molecule has 3 nitrogen and oxygen atoms in total. The van der Waals surface area contributed by atoms with Gasteiger partial charge >= 0.3 is 5.97 Å². The van der Waals surface area contributed by atoms with Crippen LogP contribution in [0.15, 0.2) is 12.7 Å². The van der Waals surface area contributed by atoms with Gasteiger partial charge in [0.2, 0.25) is 0 Å². The minimum atomic E-state index is -0.663. The highest BCUT2D eigenvalue weighted by Crippen LogP contribution is 2.41. The zero-order valence-electron chi connectivity index (χ0n) is 9.63. The molecule has 0 bridgehead atoms. The van der Waals surface area contributed by atoms with Crippen molar-refractivity contribution >= 4 is 11.8 Å². The molecule has 0 aromatic rings. The van der Waals surface area contributed by atoms with Gasteiger partial charge in [-0.3, -0.25) is 4.79 Å². The molecule has 1 fully saturated rings. The lowest BCUT2D eigenvalue weighted by Crippen LogP contribution is -2.43. The second kappa shape index (κ2) is 3.80. The number of rotatable bonds is 2. The van der Waals surface area contributed by atoms with Crippen molar-refractivity contribution in [1.82, 2.24) is 0 Å². The second-order valence-corrected chi connectivity index (χ2v) is 5.31. The van der Waals surface area contributed by atoms with Crippen LogP contribution in [0.25, 0.3) is 0 Å². The van der Waals surface area contributed by atoms with E-state index < -0.39 is 11.6 Å². The molecule has 1 unspecified atom stereocenters. The molecule has 1 atom stereocenters. The Balaban J connectivity index is 2.79. The number of ketones is 1. The first-order valence-electron chi connectivity index (χ1n) is 5.13. The van der Waals surface area contributed by atoms with Gasteiger partial charge in [-0.1, -0.05) is 20.4 Å². The van der Waals surface area contributed by atoms with Crippen LogP contribution in [-0.4, -0.2) is 17.4 Å². The molecule has 0 saturated heterocycles. The summed E-state index contributed by atoms with van der Waals surface area (Å²) in [6, 6.07) is 0. The molecular weight excluding hydrogens is 192 g/mol. The molecule has 84 valence electrons. The van der Waals surface area contributed by atoms with Gasteiger partial charge in [0, 0.05) is 18.9 Å². The molecule has 1 aliphatic rings. The Morgan fingerprint density at radius 3 is 2.47 bits per heavy atom. The molecule has 0 radical (unpaired) electrons. The Morgan fingerprint density at radius 2 is 2.00 bits per heavy atom. The molecule has 0 amide bonds. The quantitative estimate of drug-likeness (QED) is 0.518. The van der Waals surface area contributed by atoms with Crippen LogP contribution >= 0.6 is 0 Å². The molecule has 0 N–H and O–H groups in total. The predicted molar refractivity (Wildman–Crippen MR) is 57.3 cm³/mol. The van der Waals surface area contributed by atoms with Gasteiger partial charge in [0.15, 0.2) is 0 Å². The molecule has 3 heteroatoms. The van der Waals surface area contributed by atoms with Crippen molar-refractivity contribution in [2.75, 3.05) is 0 Å². The van der Waals surface area contributed by atoms with Crippen molar-refractivity contribution in [3.8, 4) is 0 Å². The molecule has 1 rings (SSSR count). The number of hydrogen-bond donors (Lipinski definition) is 0. The molecule has 0 aromatic carbocycles. The molecule has 0 aromatic heterocycles. The minimum absolute atomic E-state index is 0.0917. The van der Waals surface area contributed by atoms with E-state index in [0.29, 0.717) is 19.3 Å². The standard InChI is InChI=1S/C12H18O3/c1-5-10(14)15-12(4)7-9(13)6-11(2,3)8-12/h5H,1,6-8H2,2-4H3. The third-order valence-corrected chi connectivity index (χ3v) is 2.61. The van der Waals surface area contributed by atoms with Gasteiger partial charge in [0.25, 0.3) is 0 Å². The summed E-state index contributed by atoms with van der Waals surface area (Å²) in [5, 5.41) is 0. The van der Waals surface area contributed by atoms with Gasteiger partial charge in [0.05, 0.1) is 0 Å². The van der Waals surface area contributed by atoms with E-state index in [1.54, 1.807) is 0 Å². The fraction of sp³-hybridized carbons (Fsp3) is 0.667. The first-order chi connectivity index (χ1) is 6.76. The molecule has 0 aliphatic heterocycles. The lowest BCUT2D eigenvalue weighted by Gasteiger charge is -2.40. The Kier molecular flexibility index (Phi) is 3.03. The monoisotopic (exact) mass is 210 g/mol. The SMILES string of the molecule is C=CC(=O)OC1(C)CC(=O)CC(C)(C)C1. The van der Waals surface area contributed by atoms with Crippen LogP contribution in [0.1, 0.15) is 40.0 Å². The highest BCUT2D eigenvalue weighted by Gasteiger charge is 2.42. The third-order valence-electron chi connectivity index (χ3n) is 2.61. The molecular formula is C12H18O3. The van der Waals surface area contributed by atoms with Crippen LogP contribution < -0.4 is 0 Å². The normalized spacial score (nSPS) is 29.7. The van der Waals surface area contributed by atoms with E-state index in [2.05, 4.69) is 6.58 Å². The van der Waals surface area contributed by atoms with Crippen LogP contribution in [0.2, 0.25) is 0 Å². The van der Waals surface area contributed by atoms with Crippen LogP contribution in [-0.2, 0) is 14.3 Å². The van der Waals surface area contributed by atoms with Crippen LogP contribution in [0.3, 0.4) is 0 Å². The summed E-state index contributed by atoms with van der Waals surface area (Å²) in [6.45, 7) is 9.20. The molecule has 1 saturated carbocycles. The largest absolute Gasteiger partial charge is 0.456 e. The first-order valence-corrected chi connectivity index (χ1v) is 5.13. The Labute approximate surface area is 90.5 Å². The van der Waals surface area contributed by atoms with Crippen molar-refractivity contribution < 1.29 is 14.3 Å². The Bertz CT molecular complexity index is 304. The van der Waals surface area contributed by atoms with Crippen LogP contribution in [0.4, 0.5) is 0 Å². The third kappa shape index (κ3) is 3.18. The van der Waals surface area contributed by atoms with Gasteiger partial charge in [-0.25, -0.2) is 4.79 Å². The van der Waals surface area contributed by atoms with Crippen molar-refractivity contribution in [3.63, 3.8) is 0 Å². The van der Waals surface area contributed by atoms with E-state index in [4.69, 9.17) is 4.74 Å². The summed E-state index contributed by atoms with van der Waals surface area (Å²) in [6.07, 6.45) is 2.73. The highest BCUT2D eigenvalue weighted by atomic mass is 16.6. The second-order valence-electron chi connectivity index (χ2n) is 5.31. The predicted octanol–water partition coefficient (Wildman–Crippen LogP) is 2.25. The van der Waals surface area contributed by atoms with E-state index >= 15 is 0 Å². The van der Waals surface area contributed by atoms with E-state index in [0.717, 1.165) is 6.08 Å². The average Bonchev–Trinajstić information content (AvgIpc) is 1.97. The minimum Gasteiger partial charge on any atom is -0.456 e. The molecule has 1 aliphatic carbocycles. The van der Waals surface area contributed by atoms with Gasteiger partial charge in [-0.05, 0) is 18.8 Å². The molecule has 0 heterocycles. The fourth-order valence-corrected chi connectivity index (χ4v) is 2.51. The number of carbonyl (C=O) groups excluding carboxylic acids is 2. The Hall–Kier alpha value is -1.12. The Morgan fingerprint density at radius 1 is 1.40 bits per heavy atom. The topological polar surface area (TPSA) is 43.4 Å². The zero-order chi connectivity index (χ0) is 11.7. The lowest BCUT2D eigenvalue weighted by molar-refractivity contribution is -0.161. The zero-order valence-corrected chi connectivity index (χ0v) is 9.63. The number of ether oxygens (including phenoxy) is 1. The summed E-state index contributed by atoms with van der Waals surface area (Å²) in [7, 11) is 0. The van der Waals surface area contributed by atoms with Crippen LogP contribution in [0, 0.1) is 5.41 Å². The first kappa shape index (κ1) is 12.0. The summed E-state index contributed by atoms with van der Waals surface area (Å²) < 4.78 is 5.26.